The Morgan fingerprint density at radius 1 is 0.429 bits per heavy atom. The Morgan fingerprint density at radius 3 is 1.07 bits per heavy atom. The lowest BCUT2D eigenvalue weighted by molar-refractivity contribution is -0.274. The highest BCUT2D eigenvalue weighted by Gasteiger charge is 2.49. The van der Waals surface area contributed by atoms with Crippen LogP contribution in [0, 0.1) is 0 Å². The van der Waals surface area contributed by atoms with Crippen molar-refractivity contribution in [1.29, 1.82) is 0 Å². The first kappa shape index (κ1) is 26.1. The molecular formula is C2F14N5O2P5. The molecule has 0 saturated heterocycles. The van der Waals surface area contributed by atoms with Crippen LogP contribution in [0.25, 0.3) is 0 Å². The zero-order chi connectivity index (χ0) is 22.4. The Morgan fingerprint density at radius 2 is 0.714 bits per heavy atom. The van der Waals surface area contributed by atoms with Crippen molar-refractivity contribution < 1.29 is 69.0 Å². The number of hydrogen-bond acceptors (Lipinski definition) is 7. The molecule has 0 aliphatic carbocycles. The maximum Gasteiger partial charge on any atom is 0.530 e. The van der Waals surface area contributed by atoms with Crippen LogP contribution >= 0.6 is 39.0 Å². The molecule has 0 aromatic heterocycles. The fourth-order valence-corrected chi connectivity index (χ4v) is 9.81. The molecule has 26 heteroatoms. The van der Waals surface area contributed by atoms with Crippen molar-refractivity contribution in [2.75, 3.05) is 0 Å². The standard InChI is InChI=1S/C2F14N5O2P5/c3-1(4,5)22-27(15)19-25(11,12)17-24(9,10)18-26(13,14)20-28(16,21-27)23-2(6,7)8. The van der Waals surface area contributed by atoms with Gasteiger partial charge in [0.05, 0.1) is 0 Å². The number of hydrogen-bond donors (Lipinski definition) is 0. The molecule has 0 amide bonds. The molecule has 1 aliphatic rings. The second kappa shape index (κ2) is 7.65. The van der Waals surface area contributed by atoms with Crippen LogP contribution in [0.4, 0.5) is 59.9 Å². The summed E-state index contributed by atoms with van der Waals surface area (Å²) in [6.07, 6.45) is -12.8. The lowest BCUT2D eigenvalue weighted by Crippen LogP contribution is -2.11. The average molecular weight is 547 g/mol. The van der Waals surface area contributed by atoms with Crippen molar-refractivity contribution in [2.45, 2.75) is 12.7 Å². The fourth-order valence-electron chi connectivity index (χ4n) is 1.09. The zero-order valence-corrected chi connectivity index (χ0v) is 16.1. The molecule has 28 heavy (non-hydrogen) atoms. The molecular weight excluding hydrogens is 547 g/mol. The summed E-state index contributed by atoms with van der Waals surface area (Å²) in [6, 6.07) is 0. The highest BCUT2D eigenvalue weighted by Crippen LogP contribution is 2.83. The van der Waals surface area contributed by atoms with Crippen molar-refractivity contribution in [3.63, 3.8) is 0 Å². The van der Waals surface area contributed by atoms with Crippen molar-refractivity contribution >= 4 is 39.0 Å². The van der Waals surface area contributed by atoms with Crippen molar-refractivity contribution in [2.24, 2.45) is 22.6 Å². The lowest BCUT2D eigenvalue weighted by Gasteiger charge is -2.19. The van der Waals surface area contributed by atoms with Gasteiger partial charge in [-0.3, -0.25) is 0 Å². The molecule has 0 N–H and O–H groups in total. The second-order valence-electron chi connectivity index (χ2n) is 3.83. The molecule has 2 atom stereocenters. The number of alkyl halides is 6. The maximum atomic E-state index is 14.0. The van der Waals surface area contributed by atoms with Crippen LogP contribution in [-0.4, -0.2) is 12.7 Å². The SMILES string of the molecule is FC(F)(F)OP1(F)=NP(F)(F)=NP(F)(F)=NP(F)(F)=NP(F)(OC(F)(F)F)=N1. The molecule has 0 radical (unpaired) electrons. The summed E-state index contributed by atoms with van der Waals surface area (Å²) < 4.78 is 190. The largest absolute Gasteiger partial charge is 0.530 e. The van der Waals surface area contributed by atoms with Crippen LogP contribution < -0.4 is 0 Å². The van der Waals surface area contributed by atoms with E-state index in [1.165, 1.54) is 4.52 Å². The first-order valence-electron chi connectivity index (χ1n) is 5.26. The topological polar surface area (TPSA) is 80.3 Å². The monoisotopic (exact) mass is 547 g/mol. The van der Waals surface area contributed by atoms with Crippen LogP contribution in [-0.2, 0) is 9.05 Å². The van der Waals surface area contributed by atoms with E-state index in [4.69, 9.17) is 0 Å². The average Bonchev–Trinajstić information content (AvgIpc) is 2.10. The smallest absolute Gasteiger partial charge is 0.207 e. The summed E-state index contributed by atoms with van der Waals surface area (Å²) in [4.78, 5) is 0. The quantitative estimate of drug-likeness (QED) is 0.255. The van der Waals surface area contributed by atoms with Crippen LogP contribution in [0.15, 0.2) is 22.6 Å². The Kier molecular flexibility index (Phi) is 7.14. The van der Waals surface area contributed by atoms with Gasteiger partial charge in [-0.1, -0.05) is 0 Å². The number of rotatable bonds is 2. The van der Waals surface area contributed by atoms with Gasteiger partial charge in [0.2, 0.25) is 0 Å². The van der Waals surface area contributed by atoms with E-state index in [-0.39, 0.29) is 0 Å². The molecule has 0 spiro atoms. The molecule has 0 aromatic rings. The Labute approximate surface area is 144 Å². The van der Waals surface area contributed by atoms with Crippen LogP contribution in [0.5, 0.6) is 0 Å². The van der Waals surface area contributed by atoms with Crippen molar-refractivity contribution in [1.82, 2.24) is 0 Å². The lowest BCUT2D eigenvalue weighted by atomic mass is 11.4. The van der Waals surface area contributed by atoms with Gasteiger partial charge in [0, 0.05) is 0 Å². The predicted molar refractivity (Wildman–Crippen MR) is 69.9 cm³/mol. The Hall–Kier alpha value is 0.0900. The molecule has 7 nitrogen and oxygen atoms in total. The van der Waals surface area contributed by atoms with Crippen LogP contribution in [0.2, 0.25) is 0 Å². The molecule has 0 bridgehead atoms. The van der Waals surface area contributed by atoms with Gasteiger partial charge in [-0.05, 0) is 0 Å². The van der Waals surface area contributed by atoms with E-state index in [9.17, 15) is 59.9 Å². The first-order valence-corrected chi connectivity index (χ1v) is 12.7. The van der Waals surface area contributed by atoms with E-state index < -0.39 is 51.7 Å². The molecule has 1 heterocycles. The van der Waals surface area contributed by atoms with Gasteiger partial charge in [-0.15, -0.1) is 74.1 Å². The second-order valence-corrected chi connectivity index (χ2v) is 12.4. The van der Waals surface area contributed by atoms with Gasteiger partial charge in [-0.25, -0.2) is 9.05 Å². The van der Waals surface area contributed by atoms with E-state index in [0.29, 0.717) is 0 Å². The number of nitrogens with zero attached hydrogens (tertiary/aromatic N) is 5. The molecule has 1 rings (SSSR count). The van der Waals surface area contributed by atoms with Gasteiger partial charge >= 0.3 is 51.7 Å². The van der Waals surface area contributed by atoms with Gasteiger partial charge < -0.3 is 0 Å². The van der Waals surface area contributed by atoms with Crippen LogP contribution in [0.1, 0.15) is 0 Å². The molecule has 0 aromatic carbocycles. The third kappa shape index (κ3) is 9.27. The summed E-state index contributed by atoms with van der Waals surface area (Å²) in [7, 11) is -36.9. The Bertz CT molecular complexity index is 873. The van der Waals surface area contributed by atoms with Crippen LogP contribution in [0.3, 0.4) is 0 Å². The van der Waals surface area contributed by atoms with E-state index in [1.54, 1.807) is 0 Å². The summed E-state index contributed by atoms with van der Waals surface area (Å²) >= 11 is 0. The van der Waals surface area contributed by atoms with Crippen molar-refractivity contribution in [3.8, 4) is 0 Å². The highest BCUT2D eigenvalue weighted by molar-refractivity contribution is 7.78. The van der Waals surface area contributed by atoms with E-state index in [1.807, 2.05) is 0 Å². The predicted octanol–water partition coefficient (Wildman–Crippen LogP) is 10.6. The summed E-state index contributed by atoms with van der Waals surface area (Å²) in [5, 5.41) is 0. The third-order valence-corrected chi connectivity index (χ3v) is 11.1. The summed E-state index contributed by atoms with van der Waals surface area (Å²) in [5.41, 5.74) is 0. The van der Waals surface area contributed by atoms with E-state index >= 15 is 0 Å². The van der Waals surface area contributed by atoms with Gasteiger partial charge in [0.25, 0.3) is 0 Å². The van der Waals surface area contributed by atoms with E-state index in [0.717, 1.165) is 18.1 Å². The molecule has 0 fully saturated rings. The molecule has 168 valence electrons. The Balaban J connectivity index is 4.13. The minimum Gasteiger partial charge on any atom is -0.207 e. The fraction of sp³-hybridized carbons (Fsp3) is 1.00. The zero-order valence-electron chi connectivity index (χ0n) is 11.6. The summed E-state index contributed by atoms with van der Waals surface area (Å²) in [6.45, 7) is 0. The van der Waals surface area contributed by atoms with Crippen molar-refractivity contribution in [3.05, 3.63) is 0 Å². The molecule has 0 saturated carbocycles. The van der Waals surface area contributed by atoms with Gasteiger partial charge in [-0.2, -0.15) is 8.39 Å². The third-order valence-electron chi connectivity index (χ3n) is 1.53. The normalized spacial score (nSPS) is 32.6. The minimum absolute atomic E-state index is 1.06. The first-order chi connectivity index (χ1) is 11.9. The minimum atomic E-state index is -7.43. The number of halogens is 14. The maximum absolute atomic E-state index is 14.0. The molecule has 1 aliphatic heterocycles. The molecule has 2 unspecified atom stereocenters. The van der Waals surface area contributed by atoms with Gasteiger partial charge in [0.15, 0.2) is 0 Å². The highest BCUT2D eigenvalue weighted by atomic mass is 31.3. The van der Waals surface area contributed by atoms with Gasteiger partial charge in [0.1, 0.15) is 0 Å². The summed E-state index contributed by atoms with van der Waals surface area (Å²) in [5.74, 6) is 0. The van der Waals surface area contributed by atoms with E-state index in [2.05, 4.69) is 9.05 Å².